The van der Waals surface area contributed by atoms with Crippen molar-refractivity contribution in [2.45, 2.75) is 6.92 Å². The molecular formula is C16H16O3S. The van der Waals surface area contributed by atoms with Gasteiger partial charge in [-0.25, -0.2) is 0 Å². The highest BCUT2D eigenvalue weighted by molar-refractivity contribution is 7.12. The van der Waals surface area contributed by atoms with Crippen LogP contribution in [0.25, 0.3) is 6.08 Å². The van der Waals surface area contributed by atoms with Gasteiger partial charge in [0, 0.05) is 15.3 Å². The Bertz CT molecular complexity index is 641. The first kappa shape index (κ1) is 14.3. The molecule has 0 saturated carbocycles. The Morgan fingerprint density at radius 3 is 2.45 bits per heavy atom. The molecule has 0 N–H and O–H groups in total. The fourth-order valence-electron chi connectivity index (χ4n) is 1.79. The molecule has 0 radical (unpaired) electrons. The number of aryl methyl sites for hydroxylation is 1. The molecule has 0 aliphatic carbocycles. The van der Waals surface area contributed by atoms with Gasteiger partial charge in [0.15, 0.2) is 17.3 Å². The number of carbonyl (C=O) groups is 1. The van der Waals surface area contributed by atoms with E-state index in [4.69, 9.17) is 9.47 Å². The maximum Gasteiger partial charge on any atom is 0.186 e. The lowest BCUT2D eigenvalue weighted by atomic mass is 10.1. The topological polar surface area (TPSA) is 35.5 Å². The SMILES string of the molecule is COc1ccc(C(=O)C=Cc2ccc(C)s2)cc1OC. The zero-order valence-corrected chi connectivity index (χ0v) is 12.5. The van der Waals surface area contributed by atoms with Crippen LogP contribution in [0.15, 0.2) is 36.4 Å². The van der Waals surface area contributed by atoms with Crippen LogP contribution in [0.5, 0.6) is 11.5 Å². The summed E-state index contributed by atoms with van der Waals surface area (Å²) in [6, 6.07) is 9.18. The van der Waals surface area contributed by atoms with Gasteiger partial charge in [-0.05, 0) is 49.4 Å². The van der Waals surface area contributed by atoms with Crippen LogP contribution < -0.4 is 9.47 Å². The summed E-state index contributed by atoms with van der Waals surface area (Å²) >= 11 is 1.65. The van der Waals surface area contributed by atoms with Gasteiger partial charge in [-0.2, -0.15) is 0 Å². The van der Waals surface area contributed by atoms with Gasteiger partial charge >= 0.3 is 0 Å². The Labute approximate surface area is 122 Å². The molecule has 0 spiro atoms. The van der Waals surface area contributed by atoms with E-state index in [0.29, 0.717) is 17.1 Å². The second-order valence-electron chi connectivity index (χ2n) is 4.22. The van der Waals surface area contributed by atoms with Gasteiger partial charge in [-0.1, -0.05) is 0 Å². The van der Waals surface area contributed by atoms with Crippen LogP contribution in [0, 0.1) is 6.92 Å². The van der Waals surface area contributed by atoms with Crippen LogP contribution in [0.4, 0.5) is 0 Å². The van der Waals surface area contributed by atoms with Gasteiger partial charge < -0.3 is 9.47 Å². The number of hydrogen-bond donors (Lipinski definition) is 0. The molecule has 0 atom stereocenters. The highest BCUT2D eigenvalue weighted by atomic mass is 32.1. The van der Waals surface area contributed by atoms with Crippen LogP contribution in [0.1, 0.15) is 20.1 Å². The molecule has 0 fully saturated rings. The van der Waals surface area contributed by atoms with E-state index in [9.17, 15) is 4.79 Å². The van der Waals surface area contributed by atoms with Crippen molar-refractivity contribution in [3.8, 4) is 11.5 Å². The smallest absolute Gasteiger partial charge is 0.186 e. The average molecular weight is 288 g/mol. The molecule has 1 heterocycles. The number of ketones is 1. The largest absolute Gasteiger partial charge is 0.493 e. The van der Waals surface area contributed by atoms with Crippen LogP contribution in [0.2, 0.25) is 0 Å². The number of rotatable bonds is 5. The second kappa shape index (κ2) is 6.39. The van der Waals surface area contributed by atoms with E-state index in [2.05, 4.69) is 0 Å². The molecule has 0 saturated heterocycles. The van der Waals surface area contributed by atoms with E-state index in [1.54, 1.807) is 49.8 Å². The molecule has 2 aromatic rings. The third kappa shape index (κ3) is 3.27. The Balaban J connectivity index is 2.19. The molecule has 20 heavy (non-hydrogen) atoms. The lowest BCUT2D eigenvalue weighted by molar-refractivity contribution is 0.104. The summed E-state index contributed by atoms with van der Waals surface area (Å²) in [6.07, 6.45) is 3.41. The normalized spacial score (nSPS) is 10.8. The van der Waals surface area contributed by atoms with E-state index < -0.39 is 0 Å². The molecule has 2 rings (SSSR count). The predicted molar refractivity (Wildman–Crippen MR) is 82.0 cm³/mol. The van der Waals surface area contributed by atoms with E-state index in [-0.39, 0.29) is 5.78 Å². The lowest BCUT2D eigenvalue weighted by Crippen LogP contribution is -1.97. The summed E-state index contributed by atoms with van der Waals surface area (Å²) in [5.41, 5.74) is 0.576. The van der Waals surface area contributed by atoms with Crippen molar-refractivity contribution in [3.63, 3.8) is 0 Å². The van der Waals surface area contributed by atoms with E-state index >= 15 is 0 Å². The van der Waals surface area contributed by atoms with Crippen LogP contribution >= 0.6 is 11.3 Å². The molecule has 104 valence electrons. The van der Waals surface area contributed by atoms with Crippen molar-refractivity contribution in [2.75, 3.05) is 14.2 Å². The molecule has 1 aromatic carbocycles. The van der Waals surface area contributed by atoms with Gasteiger partial charge in [0.1, 0.15) is 0 Å². The minimum absolute atomic E-state index is 0.0583. The highest BCUT2D eigenvalue weighted by Gasteiger charge is 2.08. The van der Waals surface area contributed by atoms with Crippen molar-refractivity contribution in [1.82, 2.24) is 0 Å². The average Bonchev–Trinajstić information content (AvgIpc) is 2.89. The Morgan fingerprint density at radius 1 is 1.10 bits per heavy atom. The fourth-order valence-corrected chi connectivity index (χ4v) is 2.57. The van der Waals surface area contributed by atoms with E-state index in [0.717, 1.165) is 4.88 Å². The first-order valence-corrected chi connectivity index (χ1v) is 6.96. The quantitative estimate of drug-likeness (QED) is 0.617. The van der Waals surface area contributed by atoms with Crippen LogP contribution in [0.3, 0.4) is 0 Å². The van der Waals surface area contributed by atoms with Gasteiger partial charge in [0.25, 0.3) is 0 Å². The molecule has 0 bridgehead atoms. The molecule has 0 aliphatic heterocycles. The minimum Gasteiger partial charge on any atom is -0.493 e. The molecule has 1 aromatic heterocycles. The van der Waals surface area contributed by atoms with Gasteiger partial charge in [0.05, 0.1) is 14.2 Å². The highest BCUT2D eigenvalue weighted by Crippen LogP contribution is 2.28. The van der Waals surface area contributed by atoms with Crippen LogP contribution in [-0.4, -0.2) is 20.0 Å². The zero-order chi connectivity index (χ0) is 14.5. The summed E-state index contributed by atoms with van der Waals surface area (Å²) in [5.74, 6) is 1.11. The van der Waals surface area contributed by atoms with Crippen molar-refractivity contribution < 1.29 is 14.3 Å². The first-order chi connectivity index (χ1) is 9.63. The van der Waals surface area contributed by atoms with Crippen molar-refractivity contribution >= 4 is 23.2 Å². The van der Waals surface area contributed by atoms with Crippen molar-refractivity contribution in [3.05, 3.63) is 51.7 Å². The Hall–Kier alpha value is -2.07. The van der Waals surface area contributed by atoms with Crippen LogP contribution in [-0.2, 0) is 0 Å². The Kier molecular flexibility index (Phi) is 4.58. The summed E-state index contributed by atoms with van der Waals surface area (Å²) in [4.78, 5) is 14.4. The van der Waals surface area contributed by atoms with Crippen molar-refractivity contribution in [1.29, 1.82) is 0 Å². The molecule has 4 heteroatoms. The minimum atomic E-state index is -0.0583. The monoisotopic (exact) mass is 288 g/mol. The summed E-state index contributed by atoms with van der Waals surface area (Å²) in [7, 11) is 3.12. The predicted octanol–water partition coefficient (Wildman–Crippen LogP) is 3.97. The standard InChI is InChI=1S/C16H16O3S/c1-11-4-6-13(20-11)7-8-14(17)12-5-9-15(18-2)16(10-12)19-3/h4-10H,1-3H3. The number of hydrogen-bond acceptors (Lipinski definition) is 4. The number of benzene rings is 1. The number of ether oxygens (including phenoxy) is 2. The Morgan fingerprint density at radius 2 is 1.85 bits per heavy atom. The third-order valence-corrected chi connectivity index (χ3v) is 3.79. The zero-order valence-electron chi connectivity index (χ0n) is 11.7. The number of carbonyl (C=O) groups excluding carboxylic acids is 1. The third-order valence-electron chi connectivity index (χ3n) is 2.83. The van der Waals surface area contributed by atoms with Gasteiger partial charge in [-0.15, -0.1) is 11.3 Å². The maximum absolute atomic E-state index is 12.1. The number of thiophene rings is 1. The number of allylic oxidation sites excluding steroid dienone is 1. The van der Waals surface area contributed by atoms with E-state index in [1.807, 2.05) is 25.1 Å². The molecule has 0 unspecified atom stereocenters. The molecular weight excluding hydrogens is 272 g/mol. The van der Waals surface area contributed by atoms with E-state index in [1.165, 1.54) is 4.88 Å². The molecule has 0 amide bonds. The maximum atomic E-state index is 12.1. The van der Waals surface area contributed by atoms with Gasteiger partial charge in [-0.3, -0.25) is 4.79 Å². The first-order valence-electron chi connectivity index (χ1n) is 6.15. The molecule has 3 nitrogen and oxygen atoms in total. The second-order valence-corrected chi connectivity index (χ2v) is 5.54. The number of methoxy groups -OCH3 is 2. The lowest BCUT2D eigenvalue weighted by Gasteiger charge is -2.07. The van der Waals surface area contributed by atoms with Crippen molar-refractivity contribution in [2.24, 2.45) is 0 Å². The molecule has 0 aliphatic rings. The summed E-state index contributed by atoms with van der Waals surface area (Å²) in [6.45, 7) is 2.04. The fraction of sp³-hybridized carbons (Fsp3) is 0.188. The summed E-state index contributed by atoms with van der Waals surface area (Å²) < 4.78 is 10.3. The summed E-state index contributed by atoms with van der Waals surface area (Å²) in [5, 5.41) is 0. The van der Waals surface area contributed by atoms with Gasteiger partial charge in [0.2, 0.25) is 0 Å².